The number of benzene rings is 1. The fraction of sp³-hybridized carbons (Fsp3) is 0.700. The van der Waals surface area contributed by atoms with Gasteiger partial charge in [-0.05, 0) is 80.4 Å². The molecule has 11 amide bonds. The first kappa shape index (κ1) is 71.9. The minimum absolute atomic E-state index is 0.0804. The number of rotatable bonds is 12. The molecule has 2 aliphatic heterocycles. The standard InChI is InChI=1S/C60H97N11O14/c1-19-35(9)49-53(77)61-31-44(72)67(14)47(33(5)6)54(78)64-41(29-39-24-26-40(85-18)27-25-39)52(76)62-37(11)51(75)63-38(12)56(80)71-28-22-21-23-42(71)57(81)68(15)48(34(7)8)55(79)65-46(32(3)4)59(83)66(13)43(30-45(73)74)58(82)70(17)50(36(10)20-2)60(84)69(49)16/h24-27,32-38,41-43,46-50H,19-23,28-31H2,1-18H3,(H,61,77)(H,62,76)(H,63,75)(H,64,78)(H,65,79)(H,73,74)/t35-,36-,37-,38-,41-,42-,43-,46-,47-,48-,49-,50-/m0/s1. The van der Waals surface area contributed by atoms with Gasteiger partial charge in [-0.1, -0.05) is 94.2 Å². The SMILES string of the molecule is CC[C@H](C)[C@H]1C(=O)NCC(=O)N(C)[C@@H](C(C)C)C(=O)N[C@@H](Cc2ccc(OC)cc2)C(=O)N[C@@H](C)C(=O)N[C@@H](C)C(=O)N2CCCC[C@H]2C(=O)N(C)[C@@H](C(C)C)C(=O)N[C@@H](C(C)C)C(=O)N(C)[C@@H](CC(=O)O)C(=O)N(C)[C@@H]([C@@H](C)CC)C(=O)N1C. The predicted molar refractivity (Wildman–Crippen MR) is 317 cm³/mol. The van der Waals surface area contributed by atoms with Gasteiger partial charge in [0.1, 0.15) is 66.2 Å². The van der Waals surface area contributed by atoms with E-state index in [-0.39, 0.29) is 19.4 Å². The van der Waals surface area contributed by atoms with Crippen molar-refractivity contribution >= 4 is 70.9 Å². The number of carbonyl (C=O) groups excluding carboxylic acids is 11. The van der Waals surface area contributed by atoms with Gasteiger partial charge in [-0.2, -0.15) is 0 Å². The topological polar surface area (TPSA) is 314 Å². The van der Waals surface area contributed by atoms with Crippen molar-refractivity contribution in [2.45, 2.75) is 188 Å². The van der Waals surface area contributed by atoms with E-state index >= 15 is 0 Å². The number of amides is 11. The van der Waals surface area contributed by atoms with E-state index < -0.39 is 174 Å². The molecule has 6 N–H and O–H groups in total. The predicted octanol–water partition coefficient (Wildman–Crippen LogP) is 1.40. The van der Waals surface area contributed by atoms with Gasteiger partial charge in [0.05, 0.1) is 20.1 Å². The number of carbonyl (C=O) groups is 12. The van der Waals surface area contributed by atoms with E-state index in [1.54, 1.807) is 93.5 Å². The molecule has 2 saturated heterocycles. The van der Waals surface area contributed by atoms with Crippen molar-refractivity contribution in [3.63, 3.8) is 0 Å². The van der Waals surface area contributed by atoms with E-state index in [0.29, 0.717) is 37.0 Å². The fourth-order valence-corrected chi connectivity index (χ4v) is 11.2. The lowest BCUT2D eigenvalue weighted by molar-refractivity contribution is -0.157. The number of hydrogen-bond donors (Lipinski definition) is 6. The maximum absolute atomic E-state index is 15.0. The van der Waals surface area contributed by atoms with Crippen LogP contribution >= 0.6 is 0 Å². The number of hydrogen-bond acceptors (Lipinski definition) is 13. The highest BCUT2D eigenvalue weighted by molar-refractivity contribution is 6.00. The van der Waals surface area contributed by atoms with Crippen molar-refractivity contribution in [2.75, 3.05) is 55.4 Å². The number of nitrogens with one attached hydrogen (secondary N) is 5. The van der Waals surface area contributed by atoms with Gasteiger partial charge < -0.3 is 65.8 Å². The summed E-state index contributed by atoms with van der Waals surface area (Å²) in [5, 5.41) is 23.7. The number of piperidine rings is 1. The zero-order chi connectivity index (χ0) is 64.6. The number of carboxylic acids is 1. The summed E-state index contributed by atoms with van der Waals surface area (Å²) in [5.41, 5.74) is 0.596. The molecule has 85 heavy (non-hydrogen) atoms. The summed E-state index contributed by atoms with van der Waals surface area (Å²) in [6.45, 7) is 19.4. The third-order valence-corrected chi connectivity index (χ3v) is 16.7. The third-order valence-electron chi connectivity index (χ3n) is 16.7. The molecule has 12 atom stereocenters. The Labute approximate surface area is 501 Å². The Morgan fingerprint density at radius 2 is 1.08 bits per heavy atom. The van der Waals surface area contributed by atoms with Crippen LogP contribution in [0.1, 0.15) is 127 Å². The lowest BCUT2D eigenvalue weighted by Gasteiger charge is -2.41. The van der Waals surface area contributed by atoms with Crippen molar-refractivity contribution in [3.05, 3.63) is 29.8 Å². The molecular formula is C60H97N11O14. The van der Waals surface area contributed by atoms with Crippen molar-refractivity contribution < 1.29 is 67.4 Å². The van der Waals surface area contributed by atoms with Crippen LogP contribution in [-0.4, -0.2) is 221 Å². The molecule has 0 saturated carbocycles. The number of likely N-dealkylation sites (N-methyl/N-ethyl adjacent to an activating group) is 5. The van der Waals surface area contributed by atoms with Crippen molar-refractivity contribution in [3.8, 4) is 5.75 Å². The van der Waals surface area contributed by atoms with Crippen LogP contribution in [0.25, 0.3) is 0 Å². The van der Waals surface area contributed by atoms with Crippen LogP contribution in [0, 0.1) is 29.6 Å². The molecule has 25 heteroatoms. The highest BCUT2D eigenvalue weighted by atomic mass is 16.5. The molecule has 0 spiro atoms. The van der Waals surface area contributed by atoms with Gasteiger partial charge in [0.25, 0.3) is 0 Å². The summed E-state index contributed by atoms with van der Waals surface area (Å²) >= 11 is 0. The van der Waals surface area contributed by atoms with Gasteiger partial charge in [-0.15, -0.1) is 0 Å². The van der Waals surface area contributed by atoms with Crippen LogP contribution < -0.4 is 31.3 Å². The van der Waals surface area contributed by atoms with E-state index in [2.05, 4.69) is 26.6 Å². The highest BCUT2D eigenvalue weighted by Gasteiger charge is 2.46. The van der Waals surface area contributed by atoms with Crippen molar-refractivity contribution in [1.29, 1.82) is 0 Å². The first-order valence-electron chi connectivity index (χ1n) is 29.7. The highest BCUT2D eigenvalue weighted by Crippen LogP contribution is 2.26. The Bertz CT molecular complexity index is 2560. The van der Waals surface area contributed by atoms with Crippen LogP contribution in [0.2, 0.25) is 0 Å². The summed E-state index contributed by atoms with van der Waals surface area (Å²) in [5.74, 6) is -11.9. The molecule has 0 aliphatic carbocycles. The Balaban J connectivity index is 2.25. The molecule has 3 rings (SSSR count). The smallest absolute Gasteiger partial charge is 0.305 e. The molecule has 2 heterocycles. The van der Waals surface area contributed by atoms with E-state index in [9.17, 15) is 62.6 Å². The second-order valence-electron chi connectivity index (χ2n) is 24.0. The normalized spacial score (nSPS) is 27.1. The molecule has 0 radical (unpaired) electrons. The largest absolute Gasteiger partial charge is 0.497 e. The quantitative estimate of drug-likeness (QED) is 0.173. The average Bonchev–Trinajstić information content (AvgIpc) is 3.65. The van der Waals surface area contributed by atoms with Gasteiger partial charge in [0.15, 0.2) is 0 Å². The third kappa shape index (κ3) is 18.3. The molecule has 1 aromatic carbocycles. The Kier molecular flexibility index (Phi) is 27.3. The van der Waals surface area contributed by atoms with Crippen molar-refractivity contribution in [1.82, 2.24) is 56.0 Å². The first-order valence-corrected chi connectivity index (χ1v) is 29.7. The molecule has 476 valence electrons. The maximum atomic E-state index is 15.0. The Hall–Kier alpha value is -7.34. The van der Waals surface area contributed by atoms with E-state index in [1.165, 1.54) is 70.9 Å². The lowest BCUT2D eigenvalue weighted by Crippen LogP contribution is -2.63. The Morgan fingerprint density at radius 3 is 1.61 bits per heavy atom. The van der Waals surface area contributed by atoms with E-state index in [0.717, 1.165) is 14.7 Å². The molecule has 2 aliphatic rings. The molecule has 0 aromatic heterocycles. The zero-order valence-electron chi connectivity index (χ0n) is 53.3. The second kappa shape index (κ2) is 32.2. The van der Waals surface area contributed by atoms with Crippen LogP contribution in [0.15, 0.2) is 24.3 Å². The lowest BCUT2D eigenvalue weighted by atomic mass is 9.92. The van der Waals surface area contributed by atoms with Gasteiger partial charge in [0, 0.05) is 48.2 Å². The minimum atomic E-state index is -1.71. The van der Waals surface area contributed by atoms with Gasteiger partial charge in [0.2, 0.25) is 65.0 Å². The number of fused-ring (bicyclic) bond motifs is 1. The molecule has 0 bridgehead atoms. The van der Waals surface area contributed by atoms with Gasteiger partial charge in [-0.25, -0.2) is 0 Å². The number of nitrogens with zero attached hydrogens (tertiary/aromatic N) is 6. The minimum Gasteiger partial charge on any atom is -0.497 e. The molecule has 25 nitrogen and oxygen atoms in total. The molecule has 2 fully saturated rings. The van der Waals surface area contributed by atoms with Gasteiger partial charge in [-0.3, -0.25) is 57.5 Å². The van der Waals surface area contributed by atoms with Crippen LogP contribution in [-0.2, 0) is 64.0 Å². The van der Waals surface area contributed by atoms with Gasteiger partial charge >= 0.3 is 5.97 Å². The monoisotopic (exact) mass is 1200 g/mol. The van der Waals surface area contributed by atoms with Crippen LogP contribution in [0.3, 0.4) is 0 Å². The number of ether oxygens (including phenoxy) is 1. The van der Waals surface area contributed by atoms with Crippen LogP contribution in [0.5, 0.6) is 5.75 Å². The summed E-state index contributed by atoms with van der Waals surface area (Å²) in [7, 11) is 8.21. The molecule has 0 unspecified atom stereocenters. The van der Waals surface area contributed by atoms with E-state index in [1.807, 2.05) is 0 Å². The Morgan fingerprint density at radius 1 is 0.565 bits per heavy atom. The summed E-state index contributed by atoms with van der Waals surface area (Å²) < 4.78 is 5.31. The van der Waals surface area contributed by atoms with Crippen molar-refractivity contribution in [2.24, 2.45) is 29.6 Å². The number of carboxylic acid groups (broad SMARTS) is 1. The zero-order valence-corrected chi connectivity index (χ0v) is 53.3. The number of methoxy groups -OCH3 is 1. The van der Waals surface area contributed by atoms with Crippen LogP contribution in [0.4, 0.5) is 0 Å². The summed E-state index contributed by atoms with van der Waals surface area (Å²) in [6, 6.07) is -6.21. The summed E-state index contributed by atoms with van der Waals surface area (Å²) in [6.07, 6.45) is 1.02. The molecule has 1 aromatic rings. The second-order valence-corrected chi connectivity index (χ2v) is 24.0. The molecular weight excluding hydrogens is 1100 g/mol. The average molecular weight is 1200 g/mol. The first-order chi connectivity index (χ1) is 39.7. The summed E-state index contributed by atoms with van der Waals surface area (Å²) in [4.78, 5) is 179. The maximum Gasteiger partial charge on any atom is 0.305 e. The fourth-order valence-electron chi connectivity index (χ4n) is 11.2. The van der Waals surface area contributed by atoms with E-state index in [4.69, 9.17) is 4.74 Å². The number of aliphatic carboxylic acids is 1.